The van der Waals surface area contributed by atoms with Gasteiger partial charge < -0.3 is 15.4 Å². The first kappa shape index (κ1) is 17.9. The van der Waals surface area contributed by atoms with Crippen molar-refractivity contribution in [3.63, 3.8) is 0 Å². The van der Waals surface area contributed by atoms with Crippen LogP contribution in [0.1, 0.15) is 29.9 Å². The molecule has 26 heavy (non-hydrogen) atoms. The fourth-order valence-corrected chi connectivity index (χ4v) is 3.09. The third-order valence-corrected chi connectivity index (χ3v) is 4.53. The van der Waals surface area contributed by atoms with Crippen molar-refractivity contribution in [3.8, 4) is 5.75 Å². The van der Waals surface area contributed by atoms with Crippen LogP contribution in [0.2, 0.25) is 0 Å². The number of carbonyl (C=O) groups excluding carboxylic acids is 1. The highest BCUT2D eigenvalue weighted by Crippen LogP contribution is 2.23. The number of aryl methyl sites for hydroxylation is 1. The van der Waals surface area contributed by atoms with E-state index in [-0.39, 0.29) is 5.91 Å². The van der Waals surface area contributed by atoms with Gasteiger partial charge in [-0.3, -0.25) is 4.79 Å². The molecule has 3 rings (SSSR count). The topological polar surface area (TPSA) is 63.2 Å². The molecule has 134 valence electrons. The van der Waals surface area contributed by atoms with E-state index in [1.165, 1.54) is 16.9 Å². The highest BCUT2D eigenvalue weighted by molar-refractivity contribution is 7.14. The lowest BCUT2D eigenvalue weighted by molar-refractivity contribution is 0.102. The monoisotopic (exact) mass is 367 g/mol. The molecule has 0 aliphatic rings. The van der Waals surface area contributed by atoms with Gasteiger partial charge in [-0.2, -0.15) is 0 Å². The number of hydrogen-bond acceptors (Lipinski definition) is 5. The van der Waals surface area contributed by atoms with Gasteiger partial charge >= 0.3 is 0 Å². The van der Waals surface area contributed by atoms with Crippen LogP contribution in [0.25, 0.3) is 0 Å². The zero-order valence-corrected chi connectivity index (χ0v) is 15.6. The number of thiazole rings is 1. The molecule has 1 heterocycles. The van der Waals surface area contributed by atoms with Gasteiger partial charge in [0.05, 0.1) is 6.61 Å². The van der Waals surface area contributed by atoms with E-state index in [0.717, 1.165) is 23.5 Å². The van der Waals surface area contributed by atoms with E-state index in [4.69, 9.17) is 4.74 Å². The molecule has 0 spiro atoms. The lowest BCUT2D eigenvalue weighted by Crippen LogP contribution is -2.12. The van der Waals surface area contributed by atoms with Crippen molar-refractivity contribution >= 4 is 33.8 Å². The quantitative estimate of drug-likeness (QED) is 0.610. The van der Waals surface area contributed by atoms with Crippen LogP contribution >= 0.6 is 11.3 Å². The molecule has 0 unspecified atom stereocenters. The van der Waals surface area contributed by atoms with E-state index in [1.807, 2.05) is 55.5 Å². The molecule has 0 fully saturated rings. The van der Waals surface area contributed by atoms with Gasteiger partial charge in [0.25, 0.3) is 5.91 Å². The summed E-state index contributed by atoms with van der Waals surface area (Å²) in [5, 5.41) is 8.48. The molecular formula is C20H21N3O2S. The average molecular weight is 367 g/mol. The van der Waals surface area contributed by atoms with Crippen molar-refractivity contribution in [1.29, 1.82) is 0 Å². The van der Waals surface area contributed by atoms with Gasteiger partial charge in [0, 0.05) is 16.8 Å². The maximum Gasteiger partial charge on any atom is 0.275 e. The molecule has 6 heteroatoms. The summed E-state index contributed by atoms with van der Waals surface area (Å²) in [5.74, 6) is 0.608. The number of anilines is 3. The van der Waals surface area contributed by atoms with Crippen LogP contribution in [-0.4, -0.2) is 17.5 Å². The first-order chi connectivity index (χ1) is 12.7. The molecular weight excluding hydrogens is 346 g/mol. The molecule has 0 bridgehead atoms. The summed E-state index contributed by atoms with van der Waals surface area (Å²) >= 11 is 1.39. The molecule has 5 nitrogen and oxygen atoms in total. The number of carbonyl (C=O) groups is 1. The van der Waals surface area contributed by atoms with E-state index < -0.39 is 0 Å². The van der Waals surface area contributed by atoms with E-state index >= 15 is 0 Å². The molecule has 0 atom stereocenters. The molecule has 2 N–H and O–H groups in total. The van der Waals surface area contributed by atoms with Gasteiger partial charge in [0.15, 0.2) is 5.13 Å². The fourth-order valence-electron chi connectivity index (χ4n) is 2.38. The Bertz CT molecular complexity index is 858. The second kappa shape index (κ2) is 8.49. The Morgan fingerprint density at radius 3 is 2.38 bits per heavy atom. The number of benzene rings is 2. The van der Waals surface area contributed by atoms with Crippen LogP contribution in [0.4, 0.5) is 16.5 Å². The first-order valence-electron chi connectivity index (χ1n) is 8.53. The third kappa shape index (κ3) is 4.61. The Morgan fingerprint density at radius 1 is 1.04 bits per heavy atom. The Morgan fingerprint density at radius 2 is 1.73 bits per heavy atom. The minimum absolute atomic E-state index is 0.217. The number of aromatic nitrogens is 1. The normalized spacial score (nSPS) is 10.4. The largest absolute Gasteiger partial charge is 0.494 e. The van der Waals surface area contributed by atoms with Gasteiger partial charge in [-0.25, -0.2) is 4.98 Å². The minimum Gasteiger partial charge on any atom is -0.494 e. The highest BCUT2D eigenvalue weighted by Gasteiger charge is 2.11. The smallest absolute Gasteiger partial charge is 0.275 e. The molecule has 1 aromatic heterocycles. The SMILES string of the molecule is CCOc1ccc(Nc2nc(C(=O)Nc3ccc(CC)cc3)cs2)cc1. The van der Waals surface area contributed by atoms with Crippen molar-refractivity contribution in [2.45, 2.75) is 20.3 Å². The second-order valence-corrected chi connectivity index (χ2v) is 6.48. The molecule has 0 saturated heterocycles. The summed E-state index contributed by atoms with van der Waals surface area (Å²) in [4.78, 5) is 16.7. The Hall–Kier alpha value is -2.86. The summed E-state index contributed by atoms with van der Waals surface area (Å²) in [7, 11) is 0. The standard InChI is InChI=1S/C20H21N3O2S/c1-3-14-5-7-15(8-6-14)21-19(24)18-13-26-20(23-18)22-16-9-11-17(12-10-16)25-4-2/h5-13H,3-4H2,1-2H3,(H,21,24)(H,22,23). The first-order valence-corrected chi connectivity index (χ1v) is 9.41. The molecule has 1 amide bonds. The number of rotatable bonds is 7. The zero-order chi connectivity index (χ0) is 18.4. The van der Waals surface area contributed by atoms with E-state index in [1.54, 1.807) is 5.38 Å². The molecule has 3 aromatic rings. The van der Waals surface area contributed by atoms with Crippen LogP contribution in [0.3, 0.4) is 0 Å². The van der Waals surface area contributed by atoms with Crippen molar-refractivity contribution in [3.05, 3.63) is 65.2 Å². The number of nitrogens with one attached hydrogen (secondary N) is 2. The maximum absolute atomic E-state index is 12.3. The van der Waals surface area contributed by atoms with Gasteiger partial charge in [0.1, 0.15) is 11.4 Å². The Balaban J connectivity index is 1.61. The van der Waals surface area contributed by atoms with Crippen molar-refractivity contribution in [1.82, 2.24) is 4.98 Å². The van der Waals surface area contributed by atoms with E-state index in [9.17, 15) is 4.79 Å². The fraction of sp³-hybridized carbons (Fsp3) is 0.200. The lowest BCUT2D eigenvalue weighted by Gasteiger charge is -2.06. The molecule has 2 aromatic carbocycles. The molecule has 0 aliphatic carbocycles. The molecule has 0 aliphatic heterocycles. The van der Waals surface area contributed by atoms with Gasteiger partial charge in [-0.1, -0.05) is 19.1 Å². The number of nitrogens with zero attached hydrogens (tertiary/aromatic N) is 1. The summed E-state index contributed by atoms with van der Waals surface area (Å²) in [5.41, 5.74) is 3.28. The van der Waals surface area contributed by atoms with E-state index in [0.29, 0.717) is 17.4 Å². The van der Waals surface area contributed by atoms with Crippen LogP contribution < -0.4 is 15.4 Å². The van der Waals surface area contributed by atoms with Crippen molar-refractivity contribution < 1.29 is 9.53 Å². The lowest BCUT2D eigenvalue weighted by atomic mass is 10.1. The predicted octanol–water partition coefficient (Wildman–Crippen LogP) is 5.10. The summed E-state index contributed by atoms with van der Waals surface area (Å²) in [6.07, 6.45) is 0.973. The number of ether oxygens (including phenoxy) is 1. The van der Waals surface area contributed by atoms with Crippen molar-refractivity contribution in [2.75, 3.05) is 17.2 Å². The molecule has 0 saturated carbocycles. The second-order valence-electron chi connectivity index (χ2n) is 5.62. The average Bonchev–Trinajstić information content (AvgIpc) is 3.13. The molecule has 0 radical (unpaired) electrons. The maximum atomic E-state index is 12.3. The van der Waals surface area contributed by atoms with Gasteiger partial charge in [-0.05, 0) is 55.3 Å². The van der Waals surface area contributed by atoms with Crippen LogP contribution in [0, 0.1) is 0 Å². The van der Waals surface area contributed by atoms with Gasteiger partial charge in [-0.15, -0.1) is 11.3 Å². The predicted molar refractivity (Wildman–Crippen MR) is 107 cm³/mol. The zero-order valence-electron chi connectivity index (χ0n) is 14.8. The number of amides is 1. The summed E-state index contributed by atoms with van der Waals surface area (Å²) in [6, 6.07) is 15.5. The third-order valence-electron chi connectivity index (χ3n) is 3.77. The van der Waals surface area contributed by atoms with Crippen molar-refractivity contribution in [2.24, 2.45) is 0 Å². The summed E-state index contributed by atoms with van der Waals surface area (Å²) in [6.45, 7) is 4.69. The minimum atomic E-state index is -0.217. The van der Waals surface area contributed by atoms with Crippen LogP contribution in [0.5, 0.6) is 5.75 Å². The van der Waals surface area contributed by atoms with Crippen LogP contribution in [-0.2, 0) is 6.42 Å². The van der Waals surface area contributed by atoms with Crippen LogP contribution in [0.15, 0.2) is 53.9 Å². The Labute approximate surface area is 157 Å². The Kier molecular flexibility index (Phi) is 5.86. The summed E-state index contributed by atoms with van der Waals surface area (Å²) < 4.78 is 5.42. The van der Waals surface area contributed by atoms with Gasteiger partial charge in [0.2, 0.25) is 0 Å². The van der Waals surface area contributed by atoms with E-state index in [2.05, 4.69) is 22.5 Å². The number of hydrogen-bond donors (Lipinski definition) is 2. The highest BCUT2D eigenvalue weighted by atomic mass is 32.1.